The molecule has 0 amide bonds. The summed E-state index contributed by atoms with van der Waals surface area (Å²) in [4.78, 5) is 2.33. The predicted octanol–water partition coefficient (Wildman–Crippen LogP) is 0.428. The van der Waals surface area contributed by atoms with Gasteiger partial charge in [0.2, 0.25) is 0 Å². The van der Waals surface area contributed by atoms with Crippen LogP contribution in [-0.4, -0.2) is 41.8 Å². The maximum absolute atomic E-state index is 10.2. The normalized spacial score (nSPS) is 32.3. The maximum atomic E-state index is 10.2. The van der Waals surface area contributed by atoms with E-state index in [-0.39, 0.29) is 5.92 Å². The van der Waals surface area contributed by atoms with Crippen molar-refractivity contribution in [3.8, 4) is 0 Å². The SMILES string of the molecule is CCCN1CCC(O)(C(C)CN)C1. The van der Waals surface area contributed by atoms with Crippen molar-refractivity contribution < 1.29 is 5.11 Å². The van der Waals surface area contributed by atoms with E-state index in [9.17, 15) is 5.11 Å². The molecule has 0 aliphatic carbocycles. The van der Waals surface area contributed by atoms with Crippen molar-refractivity contribution in [3.05, 3.63) is 0 Å². The fraction of sp³-hybridized carbons (Fsp3) is 1.00. The minimum absolute atomic E-state index is 0.217. The molecular formula is C10H22N2O. The minimum Gasteiger partial charge on any atom is -0.388 e. The zero-order valence-corrected chi connectivity index (χ0v) is 8.79. The quantitative estimate of drug-likeness (QED) is 0.669. The molecule has 1 rings (SSSR count). The Kier molecular flexibility index (Phi) is 3.71. The summed E-state index contributed by atoms with van der Waals surface area (Å²) < 4.78 is 0. The van der Waals surface area contributed by atoms with Gasteiger partial charge in [0.15, 0.2) is 0 Å². The average Bonchev–Trinajstić information content (AvgIpc) is 2.48. The van der Waals surface area contributed by atoms with Gasteiger partial charge in [0, 0.05) is 13.1 Å². The molecule has 3 heteroatoms. The number of nitrogens with zero attached hydrogens (tertiary/aromatic N) is 1. The molecule has 3 nitrogen and oxygen atoms in total. The first-order valence-electron chi connectivity index (χ1n) is 5.27. The Morgan fingerprint density at radius 3 is 2.85 bits per heavy atom. The summed E-state index contributed by atoms with van der Waals surface area (Å²) in [6, 6.07) is 0. The van der Waals surface area contributed by atoms with Gasteiger partial charge >= 0.3 is 0 Å². The molecule has 1 saturated heterocycles. The van der Waals surface area contributed by atoms with Crippen molar-refractivity contribution >= 4 is 0 Å². The molecule has 0 aromatic rings. The molecule has 1 heterocycles. The fourth-order valence-corrected chi connectivity index (χ4v) is 2.03. The van der Waals surface area contributed by atoms with Gasteiger partial charge in [-0.2, -0.15) is 0 Å². The highest BCUT2D eigenvalue weighted by Crippen LogP contribution is 2.28. The third-order valence-electron chi connectivity index (χ3n) is 3.17. The second kappa shape index (κ2) is 4.40. The Morgan fingerprint density at radius 1 is 1.62 bits per heavy atom. The van der Waals surface area contributed by atoms with Crippen LogP contribution in [0.1, 0.15) is 26.7 Å². The Bertz CT molecular complexity index is 163. The molecule has 0 bridgehead atoms. The summed E-state index contributed by atoms with van der Waals surface area (Å²) in [5.41, 5.74) is 5.05. The van der Waals surface area contributed by atoms with Crippen molar-refractivity contribution in [2.45, 2.75) is 32.3 Å². The number of rotatable bonds is 4. The van der Waals surface area contributed by atoms with Gasteiger partial charge in [-0.1, -0.05) is 13.8 Å². The van der Waals surface area contributed by atoms with Crippen LogP contribution in [0.2, 0.25) is 0 Å². The number of hydrogen-bond donors (Lipinski definition) is 2. The Morgan fingerprint density at radius 2 is 2.31 bits per heavy atom. The van der Waals surface area contributed by atoms with Gasteiger partial charge in [-0.3, -0.25) is 0 Å². The van der Waals surface area contributed by atoms with E-state index in [1.165, 1.54) is 0 Å². The van der Waals surface area contributed by atoms with Crippen LogP contribution in [0.25, 0.3) is 0 Å². The van der Waals surface area contributed by atoms with Crippen LogP contribution in [-0.2, 0) is 0 Å². The molecule has 0 spiro atoms. The highest BCUT2D eigenvalue weighted by Gasteiger charge is 2.39. The second-order valence-electron chi connectivity index (χ2n) is 4.27. The molecule has 1 aliphatic rings. The highest BCUT2D eigenvalue weighted by atomic mass is 16.3. The lowest BCUT2D eigenvalue weighted by Crippen LogP contribution is -2.42. The van der Waals surface area contributed by atoms with Gasteiger partial charge in [0.05, 0.1) is 5.60 Å². The van der Waals surface area contributed by atoms with E-state index < -0.39 is 5.60 Å². The summed E-state index contributed by atoms with van der Waals surface area (Å²) >= 11 is 0. The summed E-state index contributed by atoms with van der Waals surface area (Å²) in [5, 5.41) is 10.2. The highest BCUT2D eigenvalue weighted by molar-refractivity contribution is 4.93. The smallest absolute Gasteiger partial charge is 0.0823 e. The first kappa shape index (κ1) is 11.0. The third kappa shape index (κ3) is 2.42. The molecule has 13 heavy (non-hydrogen) atoms. The summed E-state index contributed by atoms with van der Waals surface area (Å²) in [7, 11) is 0. The number of β-amino-alcohol motifs (C(OH)–C–C–N with tert-alkyl or cyclic N) is 1. The van der Waals surface area contributed by atoms with Crippen LogP contribution in [0.5, 0.6) is 0 Å². The largest absolute Gasteiger partial charge is 0.388 e. The fourth-order valence-electron chi connectivity index (χ4n) is 2.03. The second-order valence-corrected chi connectivity index (χ2v) is 4.27. The predicted molar refractivity (Wildman–Crippen MR) is 54.5 cm³/mol. The Hall–Kier alpha value is -0.120. The number of nitrogens with two attached hydrogens (primary N) is 1. The van der Waals surface area contributed by atoms with Gasteiger partial charge in [-0.15, -0.1) is 0 Å². The standard InChI is InChI=1S/C10H22N2O/c1-3-5-12-6-4-10(13,8-12)9(2)7-11/h9,13H,3-8,11H2,1-2H3. The van der Waals surface area contributed by atoms with E-state index in [2.05, 4.69) is 11.8 Å². The topological polar surface area (TPSA) is 49.5 Å². The number of aliphatic hydroxyl groups is 1. The number of hydrogen-bond acceptors (Lipinski definition) is 3. The van der Waals surface area contributed by atoms with Gasteiger partial charge in [-0.25, -0.2) is 0 Å². The van der Waals surface area contributed by atoms with E-state index in [1.54, 1.807) is 0 Å². The van der Waals surface area contributed by atoms with E-state index in [0.29, 0.717) is 6.54 Å². The lowest BCUT2D eigenvalue weighted by molar-refractivity contribution is 0.00137. The molecule has 0 aromatic carbocycles. The third-order valence-corrected chi connectivity index (χ3v) is 3.17. The van der Waals surface area contributed by atoms with Crippen molar-refractivity contribution in [2.75, 3.05) is 26.2 Å². The molecule has 3 N–H and O–H groups in total. The van der Waals surface area contributed by atoms with Crippen LogP contribution in [0, 0.1) is 5.92 Å². The Labute approximate surface area is 80.9 Å². The van der Waals surface area contributed by atoms with Crippen LogP contribution in [0.4, 0.5) is 0 Å². The van der Waals surface area contributed by atoms with Crippen LogP contribution < -0.4 is 5.73 Å². The van der Waals surface area contributed by atoms with Crippen LogP contribution in [0.15, 0.2) is 0 Å². The molecule has 78 valence electrons. The van der Waals surface area contributed by atoms with Crippen molar-refractivity contribution in [2.24, 2.45) is 11.7 Å². The number of likely N-dealkylation sites (tertiary alicyclic amines) is 1. The molecule has 1 fully saturated rings. The summed E-state index contributed by atoms with van der Waals surface area (Å²) in [6.07, 6.45) is 2.04. The lowest BCUT2D eigenvalue weighted by Gasteiger charge is -2.29. The van der Waals surface area contributed by atoms with E-state index in [4.69, 9.17) is 5.73 Å². The van der Waals surface area contributed by atoms with Gasteiger partial charge in [-0.05, 0) is 31.8 Å². The van der Waals surface area contributed by atoms with Crippen molar-refractivity contribution in [3.63, 3.8) is 0 Å². The molecule has 0 saturated carbocycles. The minimum atomic E-state index is -0.524. The summed E-state index contributed by atoms with van der Waals surface area (Å²) in [5.74, 6) is 0.217. The lowest BCUT2D eigenvalue weighted by atomic mass is 9.88. The zero-order valence-electron chi connectivity index (χ0n) is 8.79. The van der Waals surface area contributed by atoms with Crippen molar-refractivity contribution in [1.82, 2.24) is 4.90 Å². The zero-order chi connectivity index (χ0) is 9.90. The van der Waals surface area contributed by atoms with Crippen molar-refractivity contribution in [1.29, 1.82) is 0 Å². The monoisotopic (exact) mass is 186 g/mol. The van der Waals surface area contributed by atoms with Crippen LogP contribution >= 0.6 is 0 Å². The van der Waals surface area contributed by atoms with Crippen LogP contribution in [0.3, 0.4) is 0 Å². The van der Waals surface area contributed by atoms with Gasteiger partial charge in [0.1, 0.15) is 0 Å². The summed E-state index contributed by atoms with van der Waals surface area (Å²) in [6.45, 7) is 7.71. The molecule has 2 unspecified atom stereocenters. The first-order chi connectivity index (χ1) is 6.12. The average molecular weight is 186 g/mol. The molecule has 1 aliphatic heterocycles. The van der Waals surface area contributed by atoms with E-state index in [0.717, 1.165) is 32.5 Å². The molecule has 0 radical (unpaired) electrons. The van der Waals surface area contributed by atoms with E-state index >= 15 is 0 Å². The Balaban J connectivity index is 2.45. The maximum Gasteiger partial charge on any atom is 0.0823 e. The first-order valence-corrected chi connectivity index (χ1v) is 5.27. The molecule has 2 atom stereocenters. The van der Waals surface area contributed by atoms with Gasteiger partial charge < -0.3 is 15.7 Å². The van der Waals surface area contributed by atoms with Gasteiger partial charge in [0.25, 0.3) is 0 Å². The van der Waals surface area contributed by atoms with E-state index in [1.807, 2.05) is 6.92 Å². The molecule has 0 aromatic heterocycles. The molecular weight excluding hydrogens is 164 g/mol.